The number of aliphatic imine (C=N–C) groups is 1. The van der Waals surface area contributed by atoms with Gasteiger partial charge in [-0.15, -0.1) is 0 Å². The van der Waals surface area contributed by atoms with Crippen molar-refractivity contribution < 1.29 is 0 Å². The van der Waals surface area contributed by atoms with E-state index in [1.54, 1.807) is 0 Å². The van der Waals surface area contributed by atoms with Gasteiger partial charge in [-0.2, -0.15) is 11.8 Å². The molecule has 0 bridgehead atoms. The molecule has 2 aliphatic heterocycles. The molecule has 0 aromatic rings. The maximum atomic E-state index is 4.41. The molecule has 1 atom stereocenters. The lowest BCUT2D eigenvalue weighted by molar-refractivity contribution is 0.578. The zero-order valence-corrected chi connectivity index (χ0v) is 9.62. The van der Waals surface area contributed by atoms with Gasteiger partial charge in [-0.3, -0.25) is 4.99 Å². The Bertz CT molecular complexity index is 221. The summed E-state index contributed by atoms with van der Waals surface area (Å²) in [5.41, 5.74) is 0. The van der Waals surface area contributed by atoms with Gasteiger partial charge in [-0.05, 0) is 31.9 Å². The number of thioether (sulfide) groups is 1. The standard InChI is InChI=1S/C10H19N3S/c1-10(4-2-7-14-10)8-13-9-11-5-3-6-12-9/h2-8H2,1H3,(H2,11,12,13). The topological polar surface area (TPSA) is 36.4 Å². The third kappa shape index (κ3) is 2.56. The fourth-order valence-electron chi connectivity index (χ4n) is 1.90. The number of hydrogen-bond donors (Lipinski definition) is 2. The number of nitrogens with zero attached hydrogens (tertiary/aromatic N) is 1. The van der Waals surface area contributed by atoms with E-state index in [0.29, 0.717) is 4.75 Å². The van der Waals surface area contributed by atoms with Crippen LogP contribution in [0.15, 0.2) is 4.99 Å². The molecule has 0 aliphatic carbocycles. The van der Waals surface area contributed by atoms with E-state index in [2.05, 4.69) is 34.3 Å². The molecule has 80 valence electrons. The van der Waals surface area contributed by atoms with Crippen molar-refractivity contribution in [2.75, 3.05) is 25.4 Å². The number of nitrogens with one attached hydrogen (secondary N) is 2. The average molecular weight is 213 g/mol. The fraction of sp³-hybridized carbons (Fsp3) is 0.900. The number of rotatable bonds is 2. The van der Waals surface area contributed by atoms with Gasteiger partial charge in [-0.25, -0.2) is 0 Å². The molecule has 3 nitrogen and oxygen atoms in total. The van der Waals surface area contributed by atoms with Gasteiger partial charge in [0.15, 0.2) is 5.96 Å². The Kier molecular flexibility index (Phi) is 3.21. The second-order valence-corrected chi connectivity index (χ2v) is 5.95. The van der Waals surface area contributed by atoms with Gasteiger partial charge in [0.1, 0.15) is 0 Å². The monoisotopic (exact) mass is 213 g/mol. The van der Waals surface area contributed by atoms with Crippen LogP contribution in [0.5, 0.6) is 0 Å². The summed E-state index contributed by atoms with van der Waals surface area (Å²) in [5.74, 6) is 2.32. The third-order valence-corrected chi connectivity index (χ3v) is 4.37. The predicted molar refractivity (Wildman–Crippen MR) is 63.0 cm³/mol. The van der Waals surface area contributed by atoms with Gasteiger partial charge in [0.25, 0.3) is 0 Å². The molecule has 4 heteroatoms. The molecular formula is C10H19N3S. The summed E-state index contributed by atoms with van der Waals surface area (Å²) in [4.78, 5) is 4.41. The van der Waals surface area contributed by atoms with Crippen LogP contribution in [0.4, 0.5) is 0 Å². The van der Waals surface area contributed by atoms with Crippen LogP contribution in [0.25, 0.3) is 0 Å². The fourth-order valence-corrected chi connectivity index (χ4v) is 3.14. The van der Waals surface area contributed by atoms with Gasteiger partial charge >= 0.3 is 0 Å². The van der Waals surface area contributed by atoms with Crippen LogP contribution in [-0.2, 0) is 0 Å². The Morgan fingerprint density at radius 1 is 1.57 bits per heavy atom. The minimum Gasteiger partial charge on any atom is -0.356 e. The molecule has 0 radical (unpaired) electrons. The first-order valence-electron chi connectivity index (χ1n) is 5.45. The molecule has 2 aliphatic rings. The third-order valence-electron chi connectivity index (χ3n) is 2.83. The molecule has 2 N–H and O–H groups in total. The summed E-state index contributed by atoms with van der Waals surface area (Å²) in [7, 11) is 0. The molecule has 0 aromatic heterocycles. The maximum Gasteiger partial charge on any atom is 0.191 e. The van der Waals surface area contributed by atoms with Gasteiger partial charge in [0.05, 0.1) is 0 Å². The predicted octanol–water partition coefficient (Wildman–Crippen LogP) is 1.21. The zero-order valence-electron chi connectivity index (χ0n) is 8.81. The van der Waals surface area contributed by atoms with E-state index >= 15 is 0 Å². The number of guanidine groups is 1. The van der Waals surface area contributed by atoms with E-state index in [4.69, 9.17) is 0 Å². The van der Waals surface area contributed by atoms with E-state index in [1.807, 2.05) is 0 Å². The average Bonchev–Trinajstić information content (AvgIpc) is 2.65. The van der Waals surface area contributed by atoms with Crippen LogP contribution >= 0.6 is 11.8 Å². The Labute approximate surface area is 90.1 Å². The van der Waals surface area contributed by atoms with Crippen molar-refractivity contribution in [1.29, 1.82) is 0 Å². The normalized spacial score (nSPS) is 32.2. The van der Waals surface area contributed by atoms with Gasteiger partial charge in [0, 0.05) is 24.4 Å². The minimum atomic E-state index is 0.432. The Morgan fingerprint density at radius 3 is 3.14 bits per heavy atom. The maximum absolute atomic E-state index is 4.41. The zero-order chi connectivity index (χ0) is 9.86. The largest absolute Gasteiger partial charge is 0.356 e. The van der Waals surface area contributed by atoms with Crippen LogP contribution < -0.4 is 10.6 Å². The van der Waals surface area contributed by atoms with Crippen LogP contribution in [0.1, 0.15) is 26.2 Å². The van der Waals surface area contributed by atoms with E-state index in [0.717, 1.165) is 32.0 Å². The number of hydrogen-bond acceptors (Lipinski definition) is 4. The SMILES string of the molecule is CC1(CNC2=NCCCN2)CCCS1. The van der Waals surface area contributed by atoms with Crippen molar-refractivity contribution in [3.8, 4) is 0 Å². The quantitative estimate of drug-likeness (QED) is 0.724. The lowest BCUT2D eigenvalue weighted by Crippen LogP contribution is -2.45. The van der Waals surface area contributed by atoms with Gasteiger partial charge in [0.2, 0.25) is 0 Å². The lowest BCUT2D eigenvalue weighted by Gasteiger charge is -2.25. The second kappa shape index (κ2) is 4.43. The Morgan fingerprint density at radius 2 is 2.50 bits per heavy atom. The first kappa shape index (κ1) is 10.1. The molecule has 2 heterocycles. The summed E-state index contributed by atoms with van der Waals surface area (Å²) < 4.78 is 0.432. The van der Waals surface area contributed by atoms with Gasteiger partial charge < -0.3 is 10.6 Å². The van der Waals surface area contributed by atoms with Crippen LogP contribution in [0.3, 0.4) is 0 Å². The van der Waals surface area contributed by atoms with E-state index in [-0.39, 0.29) is 0 Å². The molecule has 1 unspecified atom stereocenters. The van der Waals surface area contributed by atoms with Crippen LogP contribution in [0, 0.1) is 0 Å². The summed E-state index contributed by atoms with van der Waals surface area (Å²) in [6.07, 6.45) is 3.86. The first-order chi connectivity index (χ1) is 6.79. The summed E-state index contributed by atoms with van der Waals surface area (Å²) in [5, 5.41) is 6.71. The summed E-state index contributed by atoms with van der Waals surface area (Å²) in [6.45, 7) is 5.43. The first-order valence-corrected chi connectivity index (χ1v) is 6.43. The molecule has 0 spiro atoms. The highest BCUT2D eigenvalue weighted by Gasteiger charge is 2.29. The molecular weight excluding hydrogens is 194 g/mol. The highest BCUT2D eigenvalue weighted by Crippen LogP contribution is 2.36. The van der Waals surface area contributed by atoms with E-state index in [9.17, 15) is 0 Å². The molecule has 0 amide bonds. The molecule has 1 saturated heterocycles. The van der Waals surface area contributed by atoms with Crippen molar-refractivity contribution in [2.24, 2.45) is 4.99 Å². The van der Waals surface area contributed by atoms with E-state index < -0.39 is 0 Å². The molecule has 0 aromatic carbocycles. The van der Waals surface area contributed by atoms with Crippen molar-refractivity contribution in [3.63, 3.8) is 0 Å². The Hall–Kier alpha value is -0.380. The van der Waals surface area contributed by atoms with Crippen molar-refractivity contribution >= 4 is 17.7 Å². The van der Waals surface area contributed by atoms with Crippen LogP contribution in [0.2, 0.25) is 0 Å². The van der Waals surface area contributed by atoms with Gasteiger partial charge in [-0.1, -0.05) is 0 Å². The van der Waals surface area contributed by atoms with Crippen LogP contribution in [-0.4, -0.2) is 36.1 Å². The molecule has 0 saturated carbocycles. The molecule has 14 heavy (non-hydrogen) atoms. The second-order valence-electron chi connectivity index (χ2n) is 4.27. The minimum absolute atomic E-state index is 0.432. The molecule has 2 rings (SSSR count). The highest BCUT2D eigenvalue weighted by molar-refractivity contribution is 8.00. The Balaban J connectivity index is 1.78. The smallest absolute Gasteiger partial charge is 0.191 e. The highest BCUT2D eigenvalue weighted by atomic mass is 32.2. The van der Waals surface area contributed by atoms with E-state index in [1.165, 1.54) is 18.6 Å². The van der Waals surface area contributed by atoms with Crippen molar-refractivity contribution in [3.05, 3.63) is 0 Å². The van der Waals surface area contributed by atoms with Crippen molar-refractivity contribution in [2.45, 2.75) is 30.9 Å². The molecule has 1 fully saturated rings. The summed E-state index contributed by atoms with van der Waals surface area (Å²) >= 11 is 2.09. The van der Waals surface area contributed by atoms with Crippen molar-refractivity contribution in [1.82, 2.24) is 10.6 Å². The lowest BCUT2D eigenvalue weighted by atomic mass is 10.1. The summed E-state index contributed by atoms with van der Waals surface area (Å²) in [6, 6.07) is 0.